The lowest BCUT2D eigenvalue weighted by atomic mass is 10.1. The molecule has 2 aromatic carbocycles. The average Bonchev–Trinajstić information content (AvgIpc) is 2.89. The van der Waals surface area contributed by atoms with Gasteiger partial charge in [-0.15, -0.1) is 0 Å². The van der Waals surface area contributed by atoms with Gasteiger partial charge in [-0.3, -0.25) is 9.36 Å². The Balaban J connectivity index is 1.48. The molecule has 1 unspecified atom stereocenters. The maximum Gasteiger partial charge on any atom is 0.260 e. The van der Waals surface area contributed by atoms with Gasteiger partial charge in [0.05, 0.1) is 10.7 Å². The van der Waals surface area contributed by atoms with Gasteiger partial charge in [-0.2, -0.15) is 4.98 Å². The van der Waals surface area contributed by atoms with Gasteiger partial charge in [0.2, 0.25) is 5.95 Å². The van der Waals surface area contributed by atoms with Gasteiger partial charge in [-0.25, -0.2) is 9.37 Å². The van der Waals surface area contributed by atoms with Crippen LogP contribution in [0.2, 0.25) is 5.02 Å². The number of pyridine rings is 1. The van der Waals surface area contributed by atoms with Crippen molar-refractivity contribution >= 4 is 51.1 Å². The van der Waals surface area contributed by atoms with E-state index in [1.54, 1.807) is 53.4 Å². The molecule has 1 aliphatic rings. The van der Waals surface area contributed by atoms with Crippen LogP contribution in [0.25, 0.3) is 22.2 Å². The third-order valence-electron chi connectivity index (χ3n) is 6.37. The molecule has 0 bridgehead atoms. The molecule has 8 nitrogen and oxygen atoms in total. The van der Waals surface area contributed by atoms with Gasteiger partial charge in [0.1, 0.15) is 17.7 Å². The van der Waals surface area contributed by atoms with Crippen LogP contribution in [0.15, 0.2) is 58.4 Å². The number of nitrogens with one attached hydrogen (secondary N) is 2. The van der Waals surface area contributed by atoms with Crippen LogP contribution in [-0.2, 0) is 17.7 Å². The smallest absolute Gasteiger partial charge is 0.260 e. The van der Waals surface area contributed by atoms with E-state index in [0.29, 0.717) is 50.0 Å². The SMILES string of the molecule is CCn1c(=O)c(-c2ccc([S+](C)[O-])cc2Cl)cc2cnc(Nc3ccc(N4CCNCC4)c(F)c3)nc21. The summed E-state index contributed by atoms with van der Waals surface area (Å²) in [6.45, 7) is 5.38. The average molecular weight is 541 g/mol. The van der Waals surface area contributed by atoms with Gasteiger partial charge in [-0.05, 0) is 54.5 Å². The topological polar surface area (TPSA) is 98.1 Å². The minimum atomic E-state index is -1.18. The molecule has 0 saturated carbocycles. The zero-order valence-corrected chi connectivity index (χ0v) is 22.0. The zero-order chi connectivity index (χ0) is 26.1. The molecule has 0 radical (unpaired) electrons. The number of aromatic nitrogens is 3. The minimum absolute atomic E-state index is 0.252. The molecule has 192 valence electrons. The molecule has 2 N–H and O–H groups in total. The quantitative estimate of drug-likeness (QED) is 0.354. The summed E-state index contributed by atoms with van der Waals surface area (Å²) >= 11 is 5.27. The van der Waals surface area contributed by atoms with E-state index in [9.17, 15) is 13.7 Å². The minimum Gasteiger partial charge on any atom is -0.612 e. The van der Waals surface area contributed by atoms with E-state index in [-0.39, 0.29) is 17.3 Å². The first-order valence-electron chi connectivity index (χ1n) is 11.9. The van der Waals surface area contributed by atoms with Crippen molar-refractivity contribution in [1.82, 2.24) is 19.9 Å². The van der Waals surface area contributed by atoms with Crippen LogP contribution in [0.4, 0.5) is 21.7 Å². The van der Waals surface area contributed by atoms with E-state index in [2.05, 4.69) is 20.6 Å². The maximum atomic E-state index is 14.9. The highest BCUT2D eigenvalue weighted by atomic mass is 35.5. The first kappa shape index (κ1) is 25.5. The number of anilines is 3. The Morgan fingerprint density at radius 2 is 1.95 bits per heavy atom. The predicted octanol–water partition coefficient (Wildman–Crippen LogP) is 4.16. The highest BCUT2D eigenvalue weighted by Crippen LogP contribution is 2.30. The number of nitrogens with zero attached hydrogens (tertiary/aromatic N) is 4. The summed E-state index contributed by atoms with van der Waals surface area (Å²) < 4.78 is 28.2. The second kappa shape index (κ2) is 10.7. The van der Waals surface area contributed by atoms with Gasteiger partial charge >= 0.3 is 0 Å². The lowest BCUT2D eigenvalue weighted by molar-refractivity contribution is 0.566. The first-order valence-corrected chi connectivity index (χ1v) is 13.9. The van der Waals surface area contributed by atoms with Gasteiger partial charge < -0.3 is 20.1 Å². The van der Waals surface area contributed by atoms with Crippen molar-refractivity contribution in [2.45, 2.75) is 18.4 Å². The van der Waals surface area contributed by atoms with E-state index in [1.807, 2.05) is 11.8 Å². The summed E-state index contributed by atoms with van der Waals surface area (Å²) in [6, 6.07) is 11.7. The normalized spacial score (nSPS) is 14.7. The monoisotopic (exact) mass is 540 g/mol. The van der Waals surface area contributed by atoms with Crippen LogP contribution in [0.5, 0.6) is 0 Å². The summed E-state index contributed by atoms with van der Waals surface area (Å²) in [6.07, 6.45) is 3.19. The van der Waals surface area contributed by atoms with Crippen LogP contribution in [0.1, 0.15) is 6.92 Å². The third-order valence-corrected chi connectivity index (χ3v) is 7.60. The number of piperazine rings is 1. The first-order chi connectivity index (χ1) is 17.9. The zero-order valence-electron chi connectivity index (χ0n) is 20.4. The van der Waals surface area contributed by atoms with E-state index in [4.69, 9.17) is 11.6 Å². The number of halogens is 2. The number of benzene rings is 2. The van der Waals surface area contributed by atoms with Crippen LogP contribution in [0, 0.1) is 5.82 Å². The highest BCUT2D eigenvalue weighted by molar-refractivity contribution is 7.90. The van der Waals surface area contributed by atoms with Gasteiger partial charge in [0.25, 0.3) is 5.56 Å². The van der Waals surface area contributed by atoms with Crippen molar-refractivity contribution in [2.24, 2.45) is 0 Å². The Labute approximate surface area is 221 Å². The maximum absolute atomic E-state index is 14.9. The molecule has 0 spiro atoms. The van der Waals surface area contributed by atoms with E-state index < -0.39 is 11.2 Å². The largest absolute Gasteiger partial charge is 0.612 e. The third kappa shape index (κ3) is 5.15. The number of hydrogen-bond acceptors (Lipinski definition) is 7. The molecule has 0 amide bonds. The fourth-order valence-corrected chi connectivity index (χ4v) is 5.37. The second-order valence-corrected chi connectivity index (χ2v) is 10.5. The molecule has 37 heavy (non-hydrogen) atoms. The molecule has 1 saturated heterocycles. The Kier molecular flexibility index (Phi) is 7.34. The van der Waals surface area contributed by atoms with Crippen molar-refractivity contribution < 1.29 is 8.94 Å². The number of rotatable bonds is 6. The molecule has 3 heterocycles. The second-order valence-electron chi connectivity index (χ2n) is 8.70. The molecule has 2 aromatic heterocycles. The summed E-state index contributed by atoms with van der Waals surface area (Å²) in [5.74, 6) is -0.0680. The summed E-state index contributed by atoms with van der Waals surface area (Å²) in [5.41, 5.74) is 2.23. The molecule has 11 heteroatoms. The Morgan fingerprint density at radius 3 is 2.62 bits per heavy atom. The Bertz CT molecular complexity index is 1520. The lowest BCUT2D eigenvalue weighted by Crippen LogP contribution is -2.43. The van der Waals surface area contributed by atoms with Gasteiger partial charge in [0, 0.05) is 67.2 Å². The van der Waals surface area contributed by atoms with Crippen LogP contribution in [0.3, 0.4) is 0 Å². The van der Waals surface area contributed by atoms with E-state index in [0.717, 1.165) is 26.2 Å². The molecule has 1 atom stereocenters. The van der Waals surface area contributed by atoms with Gasteiger partial charge in [-0.1, -0.05) is 11.6 Å². The van der Waals surface area contributed by atoms with Gasteiger partial charge in [0.15, 0.2) is 4.90 Å². The standard InChI is InChI=1S/C26H26ClFN6O2S/c1-3-34-24-16(12-20(25(34)35)19-6-5-18(37(2)36)14-21(19)27)15-30-26(32-24)31-17-4-7-23(22(28)13-17)33-10-8-29-9-11-33/h4-7,12-15,29H,3,8-11H2,1-2H3,(H,30,31,32). The summed E-state index contributed by atoms with van der Waals surface area (Å²) in [7, 11) is 0. The van der Waals surface area contributed by atoms with Crippen molar-refractivity contribution in [3.63, 3.8) is 0 Å². The van der Waals surface area contributed by atoms with Crippen LogP contribution in [-0.4, -0.2) is 51.5 Å². The molecule has 1 aliphatic heterocycles. The molecule has 1 fully saturated rings. The van der Waals surface area contributed by atoms with Crippen LogP contribution >= 0.6 is 11.6 Å². The molecular formula is C26H26ClFN6O2S. The lowest BCUT2D eigenvalue weighted by Gasteiger charge is -2.29. The molecule has 4 aromatic rings. The number of aryl methyl sites for hydroxylation is 1. The fourth-order valence-electron chi connectivity index (χ4n) is 4.47. The van der Waals surface area contributed by atoms with Crippen molar-refractivity contribution in [1.29, 1.82) is 0 Å². The van der Waals surface area contributed by atoms with E-state index >= 15 is 0 Å². The number of hydrogen-bond donors (Lipinski definition) is 2. The van der Waals surface area contributed by atoms with Crippen LogP contribution < -0.4 is 21.1 Å². The Morgan fingerprint density at radius 1 is 1.16 bits per heavy atom. The van der Waals surface area contributed by atoms with E-state index in [1.165, 1.54) is 6.07 Å². The summed E-state index contributed by atoms with van der Waals surface area (Å²) in [4.78, 5) is 24.9. The summed E-state index contributed by atoms with van der Waals surface area (Å²) in [5, 5.41) is 7.31. The highest BCUT2D eigenvalue weighted by Gasteiger charge is 2.18. The van der Waals surface area contributed by atoms with Crippen molar-refractivity contribution in [3.8, 4) is 11.1 Å². The molecule has 0 aliphatic carbocycles. The van der Waals surface area contributed by atoms with Crippen molar-refractivity contribution in [3.05, 3.63) is 69.9 Å². The Hall–Kier alpha value is -3.18. The molecular weight excluding hydrogens is 515 g/mol. The fraction of sp³-hybridized carbons (Fsp3) is 0.269. The predicted molar refractivity (Wildman–Crippen MR) is 147 cm³/mol. The number of fused-ring (bicyclic) bond motifs is 1. The van der Waals surface area contributed by atoms with Crippen molar-refractivity contribution in [2.75, 3.05) is 42.7 Å². The molecule has 5 rings (SSSR count).